The predicted molar refractivity (Wildman–Crippen MR) is 46.3 cm³/mol. The van der Waals surface area contributed by atoms with E-state index in [-0.39, 0.29) is 0 Å². The van der Waals surface area contributed by atoms with E-state index < -0.39 is 9.04 Å². The van der Waals surface area contributed by atoms with Crippen LogP contribution in [-0.4, -0.2) is 27.0 Å². The second kappa shape index (κ2) is 5.85. The molecule has 62 valence electrons. The van der Waals surface area contributed by atoms with E-state index in [1.807, 2.05) is 6.55 Å². The quantitative estimate of drug-likeness (QED) is 0.376. The van der Waals surface area contributed by atoms with Gasteiger partial charge in [-0.05, 0) is 25.1 Å². The smallest absolute Gasteiger partial charge is 0.169 e. The van der Waals surface area contributed by atoms with Crippen molar-refractivity contribution < 1.29 is 4.80 Å². The second-order valence-electron chi connectivity index (χ2n) is 2.85. The van der Waals surface area contributed by atoms with Crippen molar-refractivity contribution in [3.63, 3.8) is 0 Å². The van der Waals surface area contributed by atoms with Crippen molar-refractivity contribution in [2.24, 2.45) is 11.7 Å². The molecule has 0 aromatic carbocycles. The van der Waals surface area contributed by atoms with Crippen molar-refractivity contribution in [2.75, 3.05) is 13.2 Å². The summed E-state index contributed by atoms with van der Waals surface area (Å²) >= 11 is 0. The van der Waals surface area contributed by atoms with Crippen molar-refractivity contribution in [1.29, 1.82) is 0 Å². The van der Waals surface area contributed by atoms with Gasteiger partial charge in [-0.2, -0.15) is 0 Å². The van der Waals surface area contributed by atoms with Crippen molar-refractivity contribution in [3.05, 3.63) is 0 Å². The summed E-state index contributed by atoms with van der Waals surface area (Å²) < 4.78 is 0. The van der Waals surface area contributed by atoms with Crippen LogP contribution in [0.4, 0.5) is 0 Å². The molecule has 0 aliphatic rings. The summed E-state index contributed by atoms with van der Waals surface area (Å²) in [6.45, 7) is 5.53. The molecule has 2 atom stereocenters. The van der Waals surface area contributed by atoms with Gasteiger partial charge in [-0.15, -0.1) is 0 Å². The number of hydrogen-bond acceptors (Lipinski definition) is 3. The highest BCUT2D eigenvalue weighted by molar-refractivity contribution is 6.48. The van der Waals surface area contributed by atoms with E-state index in [4.69, 9.17) is 10.5 Å². The molecule has 0 spiro atoms. The zero-order valence-corrected chi connectivity index (χ0v) is 7.96. The van der Waals surface area contributed by atoms with E-state index in [1.54, 1.807) is 0 Å². The van der Waals surface area contributed by atoms with Gasteiger partial charge in [0.25, 0.3) is 0 Å². The van der Waals surface area contributed by atoms with Crippen LogP contribution in [0.1, 0.15) is 6.92 Å². The SMILES string of the molecule is CC(CNCN)C[SiH](C)O. The number of nitrogens with two attached hydrogens (primary N) is 1. The zero-order valence-electron chi connectivity index (χ0n) is 6.80. The molecule has 0 saturated heterocycles. The predicted octanol–water partition coefficient (Wildman–Crippen LogP) is -0.526. The summed E-state index contributed by atoms with van der Waals surface area (Å²) in [5, 5.41) is 3.04. The molecule has 0 aliphatic carbocycles. The van der Waals surface area contributed by atoms with Gasteiger partial charge in [0.05, 0.1) is 0 Å². The molecule has 2 unspecified atom stereocenters. The highest BCUT2D eigenvalue weighted by Crippen LogP contribution is 2.02. The lowest BCUT2D eigenvalue weighted by atomic mass is 10.2. The summed E-state index contributed by atoms with van der Waals surface area (Å²) in [5.74, 6) is 0.565. The Morgan fingerprint density at radius 1 is 1.70 bits per heavy atom. The van der Waals surface area contributed by atoms with Crippen LogP contribution in [0.5, 0.6) is 0 Å². The van der Waals surface area contributed by atoms with Crippen molar-refractivity contribution in [2.45, 2.75) is 19.5 Å². The molecule has 0 bridgehead atoms. The van der Waals surface area contributed by atoms with Crippen LogP contribution >= 0.6 is 0 Å². The Balaban J connectivity index is 3.16. The molecule has 0 aliphatic heterocycles. The number of hydrogen-bond donors (Lipinski definition) is 3. The minimum absolute atomic E-state index is 0.533. The van der Waals surface area contributed by atoms with Gasteiger partial charge in [-0.3, -0.25) is 0 Å². The molecule has 4 heteroatoms. The Morgan fingerprint density at radius 3 is 2.70 bits per heavy atom. The molecule has 0 radical (unpaired) electrons. The maximum absolute atomic E-state index is 9.10. The van der Waals surface area contributed by atoms with Gasteiger partial charge in [0.2, 0.25) is 0 Å². The first kappa shape index (κ1) is 10.1. The van der Waals surface area contributed by atoms with Gasteiger partial charge in [0.1, 0.15) is 0 Å². The van der Waals surface area contributed by atoms with Crippen LogP contribution < -0.4 is 11.1 Å². The first-order valence-corrected chi connectivity index (χ1v) is 6.24. The van der Waals surface area contributed by atoms with Crippen molar-refractivity contribution in [1.82, 2.24) is 5.32 Å². The van der Waals surface area contributed by atoms with Gasteiger partial charge in [0.15, 0.2) is 9.04 Å². The van der Waals surface area contributed by atoms with Crippen LogP contribution in [0.3, 0.4) is 0 Å². The minimum Gasteiger partial charge on any atom is -0.435 e. The molecule has 0 amide bonds. The Hall–Kier alpha value is 0.0969. The zero-order chi connectivity index (χ0) is 7.98. The van der Waals surface area contributed by atoms with Crippen LogP contribution in [0.25, 0.3) is 0 Å². The number of nitrogens with one attached hydrogen (secondary N) is 1. The second-order valence-corrected chi connectivity index (χ2v) is 5.02. The molecule has 0 rings (SSSR count). The van der Waals surface area contributed by atoms with E-state index in [9.17, 15) is 0 Å². The third-order valence-electron chi connectivity index (χ3n) is 1.38. The molecule has 0 fully saturated rings. The summed E-state index contributed by atoms with van der Waals surface area (Å²) in [7, 11) is -1.35. The van der Waals surface area contributed by atoms with Gasteiger partial charge in [0, 0.05) is 6.67 Å². The normalized spacial score (nSPS) is 16.8. The standard InChI is InChI=1S/C6H18N2OSi/c1-6(3-8-5-7)4-10(2)9/h6,8-10H,3-5,7H2,1-2H3. The van der Waals surface area contributed by atoms with Crippen molar-refractivity contribution in [3.8, 4) is 0 Å². The van der Waals surface area contributed by atoms with Gasteiger partial charge in [-0.25, -0.2) is 0 Å². The monoisotopic (exact) mass is 162 g/mol. The molecular formula is C6H18N2OSi. The Bertz CT molecular complexity index is 80.1. The minimum atomic E-state index is -1.35. The van der Waals surface area contributed by atoms with Crippen molar-refractivity contribution >= 4 is 9.04 Å². The first-order valence-electron chi connectivity index (χ1n) is 3.75. The Labute approximate surface area is 64.3 Å². The van der Waals surface area contributed by atoms with E-state index in [0.29, 0.717) is 12.6 Å². The average molecular weight is 162 g/mol. The van der Waals surface area contributed by atoms with E-state index >= 15 is 0 Å². The molecule has 10 heavy (non-hydrogen) atoms. The number of rotatable bonds is 5. The van der Waals surface area contributed by atoms with Gasteiger partial charge in [-0.1, -0.05) is 6.92 Å². The lowest BCUT2D eigenvalue weighted by Gasteiger charge is -2.11. The van der Waals surface area contributed by atoms with E-state index in [1.165, 1.54) is 0 Å². The van der Waals surface area contributed by atoms with Gasteiger partial charge < -0.3 is 15.8 Å². The maximum Gasteiger partial charge on any atom is 0.169 e. The van der Waals surface area contributed by atoms with Crippen LogP contribution in [0, 0.1) is 5.92 Å². The summed E-state index contributed by atoms with van der Waals surface area (Å²) in [6, 6.07) is 0.979. The summed E-state index contributed by atoms with van der Waals surface area (Å²) in [4.78, 5) is 9.10. The molecule has 0 heterocycles. The van der Waals surface area contributed by atoms with E-state index in [0.717, 1.165) is 12.6 Å². The average Bonchev–Trinajstić information content (AvgIpc) is 1.82. The fraction of sp³-hybridized carbons (Fsp3) is 1.00. The topological polar surface area (TPSA) is 58.3 Å². The molecular weight excluding hydrogens is 144 g/mol. The van der Waals surface area contributed by atoms with Crippen LogP contribution in [0.2, 0.25) is 12.6 Å². The summed E-state index contributed by atoms with van der Waals surface area (Å²) in [6.07, 6.45) is 0. The highest BCUT2D eigenvalue weighted by atomic mass is 28.3. The van der Waals surface area contributed by atoms with E-state index in [2.05, 4.69) is 12.2 Å². The first-order chi connectivity index (χ1) is 4.66. The lowest BCUT2D eigenvalue weighted by Crippen LogP contribution is -2.28. The third-order valence-corrected chi connectivity index (χ3v) is 2.87. The molecule has 0 aromatic heterocycles. The molecule has 0 saturated carbocycles. The largest absolute Gasteiger partial charge is 0.435 e. The fourth-order valence-corrected chi connectivity index (χ4v) is 2.33. The molecule has 4 N–H and O–H groups in total. The molecule has 0 aromatic rings. The third kappa shape index (κ3) is 6.22. The highest BCUT2D eigenvalue weighted by Gasteiger charge is 2.05. The lowest BCUT2D eigenvalue weighted by molar-refractivity contribution is 0.513. The van der Waals surface area contributed by atoms with Crippen LogP contribution in [0.15, 0.2) is 0 Å². The Kier molecular flexibility index (Phi) is 5.91. The van der Waals surface area contributed by atoms with Gasteiger partial charge >= 0.3 is 0 Å². The molecule has 3 nitrogen and oxygen atoms in total. The summed E-state index contributed by atoms with van der Waals surface area (Å²) in [5.41, 5.74) is 5.25. The maximum atomic E-state index is 9.10. The fourth-order valence-electron chi connectivity index (χ4n) is 0.995. The van der Waals surface area contributed by atoms with Crippen LogP contribution in [-0.2, 0) is 0 Å². The Morgan fingerprint density at radius 2 is 2.30 bits per heavy atom.